The maximum absolute atomic E-state index is 5.80. The van der Waals surface area contributed by atoms with E-state index in [-0.39, 0.29) is 68.3 Å². The first-order chi connectivity index (χ1) is 18.9. The van der Waals surface area contributed by atoms with Crippen molar-refractivity contribution in [2.75, 3.05) is 5.34 Å². The summed E-state index contributed by atoms with van der Waals surface area (Å²) >= 11 is 9.53. The number of halogens is 4. The molecule has 12 heteroatoms. The largest absolute Gasteiger partial charge is 2.00 e. The zero-order valence-corrected chi connectivity index (χ0v) is 31.8. The van der Waals surface area contributed by atoms with Gasteiger partial charge in [0.1, 0.15) is 45.0 Å². The minimum atomic E-state index is -0.701. The molecule has 0 spiro atoms. The summed E-state index contributed by atoms with van der Waals surface area (Å²) in [5, 5.41) is 2.71. The van der Waals surface area contributed by atoms with Gasteiger partial charge in [0.15, 0.2) is 0 Å². The second kappa shape index (κ2) is 21.0. The van der Waals surface area contributed by atoms with Crippen LogP contribution in [0.4, 0.5) is 0 Å². The van der Waals surface area contributed by atoms with Crippen LogP contribution in [0.1, 0.15) is 23.0 Å². The normalized spacial score (nSPS) is 9.86. The van der Waals surface area contributed by atoms with Crippen LogP contribution in [-0.2, 0) is 38.1 Å². The molecule has 6 rings (SSSR count). The van der Waals surface area contributed by atoms with Gasteiger partial charge in [-0.3, -0.25) is 0 Å². The van der Waals surface area contributed by atoms with Gasteiger partial charge in [-0.1, -0.05) is 0 Å². The number of hydrogen-bond donors (Lipinski definition) is 0. The molecule has 43 heavy (non-hydrogen) atoms. The molecule has 0 amide bonds. The van der Waals surface area contributed by atoms with Gasteiger partial charge < -0.3 is 42.5 Å². The molecule has 0 bridgehead atoms. The van der Waals surface area contributed by atoms with E-state index in [0.717, 1.165) is 45.0 Å². The van der Waals surface area contributed by atoms with Crippen LogP contribution in [0.5, 0.6) is 0 Å². The molecule has 4 heterocycles. The van der Waals surface area contributed by atoms with Crippen LogP contribution in [0.2, 0.25) is 0 Å². The molecule has 6 aromatic rings. The Morgan fingerprint density at radius 3 is 0.884 bits per heavy atom. The zero-order chi connectivity index (χ0) is 27.8. The second-order valence-corrected chi connectivity index (χ2v) is 13.5. The number of aryl methyl sites for hydroxylation is 4. The van der Waals surface area contributed by atoms with Gasteiger partial charge in [0.25, 0.3) is 0 Å². The zero-order valence-electron chi connectivity index (χ0n) is 23.7. The van der Waals surface area contributed by atoms with Gasteiger partial charge in [-0.2, -0.15) is 24.3 Å². The van der Waals surface area contributed by atoms with Gasteiger partial charge in [-0.15, -0.1) is 33.8 Å². The van der Waals surface area contributed by atoms with Gasteiger partial charge >= 0.3 is 38.1 Å². The summed E-state index contributed by atoms with van der Waals surface area (Å²) in [6.45, 7) is 7.87. The van der Waals surface area contributed by atoms with Crippen LogP contribution in [0, 0.1) is 27.7 Å². The Bertz CT molecular complexity index is 1350. The molecule has 0 radical (unpaired) electrons. The standard InChI is InChI=1S/2C15H14O2P.CH2Cl2.2ClH.Fe.Pt/c2*1-11-7-9-14(16-11)18(13-5-3-4-6-13)15-10-8-12(2)17-15;2-1-3;;;;/h2*3-10H,1-2H3;1H2;2*1H;;/q2*-1;;;;2*+2/p-2. The third-order valence-electron chi connectivity index (χ3n) is 5.59. The molecule has 234 valence electrons. The molecule has 0 fully saturated rings. The molecule has 4 nitrogen and oxygen atoms in total. The summed E-state index contributed by atoms with van der Waals surface area (Å²) in [5.41, 5.74) is 3.96. The van der Waals surface area contributed by atoms with Crippen molar-refractivity contribution in [1.82, 2.24) is 0 Å². The van der Waals surface area contributed by atoms with Gasteiger partial charge in [-0.25, -0.2) is 24.3 Å². The molecule has 0 aliphatic heterocycles. The SMILES string of the molecule is Cc1ccc(P(c2ccc(C)o2)[c-]2cccc2)o1.Cc1ccc(P(c2ccc(C)o2)[c-]2cccc2)o1.ClCCl.[Cl-].[Cl-].[Fe+2].[Pt+2]. The molecular formula is C31H30Cl4FeO4P2Pt. The Kier molecular flexibility index (Phi) is 20.5. The van der Waals surface area contributed by atoms with Crippen molar-refractivity contribution in [2.24, 2.45) is 0 Å². The Hall–Kier alpha value is -0.952. The molecule has 0 saturated heterocycles. The van der Waals surface area contributed by atoms with E-state index in [0.29, 0.717) is 0 Å². The summed E-state index contributed by atoms with van der Waals surface area (Å²) in [7, 11) is -1.40. The van der Waals surface area contributed by atoms with Crippen molar-refractivity contribution in [3.8, 4) is 0 Å². The Labute approximate surface area is 303 Å². The third-order valence-corrected chi connectivity index (χ3v) is 9.95. The Balaban J connectivity index is 0.000000693. The van der Waals surface area contributed by atoms with Gasteiger partial charge in [0, 0.05) is 15.8 Å². The van der Waals surface area contributed by atoms with E-state index in [2.05, 4.69) is 48.5 Å². The predicted octanol–water partition coefficient (Wildman–Crippen LogP) is 1.36. The molecule has 0 aliphatic carbocycles. The molecular weight excluding hydrogens is 891 g/mol. The number of furan rings is 4. The maximum atomic E-state index is 5.80. The minimum absolute atomic E-state index is 0. The first-order valence-electron chi connectivity index (χ1n) is 12.3. The van der Waals surface area contributed by atoms with E-state index in [9.17, 15) is 0 Å². The minimum Gasteiger partial charge on any atom is -1.00 e. The Morgan fingerprint density at radius 2 is 0.721 bits per heavy atom. The van der Waals surface area contributed by atoms with E-state index >= 15 is 0 Å². The summed E-state index contributed by atoms with van der Waals surface area (Å²) in [5.74, 6) is 3.75. The van der Waals surface area contributed by atoms with Crippen molar-refractivity contribution in [2.45, 2.75) is 27.7 Å². The quantitative estimate of drug-likeness (QED) is 0.110. The summed E-state index contributed by atoms with van der Waals surface area (Å²) in [6, 6.07) is 32.9. The average molecular weight is 921 g/mol. The first-order valence-corrected chi connectivity index (χ1v) is 16.1. The summed E-state index contributed by atoms with van der Waals surface area (Å²) < 4.78 is 23.2. The summed E-state index contributed by atoms with van der Waals surface area (Å²) in [4.78, 5) is 0. The average Bonchev–Trinajstić information content (AvgIpc) is 3.72. The van der Waals surface area contributed by atoms with Crippen LogP contribution in [0.25, 0.3) is 0 Å². The van der Waals surface area contributed by atoms with Crippen molar-refractivity contribution in [3.05, 3.63) is 120 Å². The molecule has 4 aromatic heterocycles. The smallest absolute Gasteiger partial charge is 1.00 e. The van der Waals surface area contributed by atoms with Gasteiger partial charge in [0.2, 0.25) is 0 Å². The van der Waals surface area contributed by atoms with Gasteiger partial charge in [0.05, 0.1) is 5.34 Å². The number of rotatable bonds is 6. The Morgan fingerprint density at radius 1 is 0.512 bits per heavy atom. The first kappa shape index (κ1) is 42.0. The van der Waals surface area contributed by atoms with Crippen molar-refractivity contribution in [3.63, 3.8) is 0 Å². The van der Waals surface area contributed by atoms with Crippen LogP contribution in [-0.4, -0.2) is 5.34 Å². The van der Waals surface area contributed by atoms with Crippen LogP contribution < -0.4 is 57.4 Å². The molecule has 0 unspecified atom stereocenters. The predicted molar refractivity (Wildman–Crippen MR) is 166 cm³/mol. The topological polar surface area (TPSA) is 52.6 Å². The van der Waals surface area contributed by atoms with Crippen molar-refractivity contribution >= 4 is 71.7 Å². The fourth-order valence-corrected chi connectivity index (χ4v) is 8.15. The van der Waals surface area contributed by atoms with Crippen molar-refractivity contribution < 1.29 is 80.6 Å². The van der Waals surface area contributed by atoms with E-state index in [1.165, 1.54) is 10.6 Å². The molecule has 0 aliphatic rings. The van der Waals surface area contributed by atoms with E-state index in [1.54, 1.807) is 0 Å². The van der Waals surface area contributed by atoms with Crippen LogP contribution in [0.15, 0.2) is 115 Å². The second-order valence-electron chi connectivity index (χ2n) is 8.60. The molecule has 0 saturated carbocycles. The maximum Gasteiger partial charge on any atom is 2.00 e. The fraction of sp³-hybridized carbons (Fsp3) is 0.161. The molecule has 0 atom stereocenters. The molecule has 2 aromatic carbocycles. The molecule has 0 N–H and O–H groups in total. The van der Waals surface area contributed by atoms with Crippen molar-refractivity contribution in [1.29, 1.82) is 0 Å². The monoisotopic (exact) mass is 919 g/mol. The summed E-state index contributed by atoms with van der Waals surface area (Å²) in [6.07, 6.45) is 0. The van der Waals surface area contributed by atoms with E-state index < -0.39 is 15.8 Å². The number of hydrogen-bond acceptors (Lipinski definition) is 4. The van der Waals surface area contributed by atoms with Crippen LogP contribution in [0.3, 0.4) is 0 Å². The number of alkyl halides is 2. The van der Waals surface area contributed by atoms with E-state index in [1.807, 2.05) is 76.2 Å². The van der Waals surface area contributed by atoms with Crippen LogP contribution >= 0.6 is 39.0 Å². The fourth-order valence-electron chi connectivity index (χ4n) is 3.92. The van der Waals surface area contributed by atoms with Gasteiger partial charge in [-0.05, 0) is 76.2 Å². The van der Waals surface area contributed by atoms with E-state index in [4.69, 9.17) is 40.9 Å². The third kappa shape index (κ3) is 11.7.